The van der Waals surface area contributed by atoms with E-state index in [0.29, 0.717) is 112 Å². The van der Waals surface area contributed by atoms with Crippen LogP contribution in [-0.4, -0.2) is 115 Å². The number of ketones is 1. The molecule has 4 aromatic rings. The molecule has 4 heterocycles. The average molecular weight is 909 g/mol. The summed E-state index contributed by atoms with van der Waals surface area (Å²) >= 11 is 0. The van der Waals surface area contributed by atoms with E-state index in [9.17, 15) is 19.5 Å². The van der Waals surface area contributed by atoms with Crippen LogP contribution in [0.25, 0.3) is 0 Å². The van der Waals surface area contributed by atoms with E-state index < -0.39 is 11.7 Å². The lowest BCUT2D eigenvalue weighted by Gasteiger charge is -2.48. The summed E-state index contributed by atoms with van der Waals surface area (Å²) in [5, 5.41) is 17.6. The number of ether oxygens (including phenoxy) is 6. The Balaban J connectivity index is 0.000000210. The summed E-state index contributed by atoms with van der Waals surface area (Å²) in [7, 11) is 4.15. The standard InChI is InChI=1S/C26H33NO5.C26H31NO5.CH4O/c2*1-18(2)31-22-10-9-20(15-24(22)30-3)25(29)27-13-11-26(12-14-27)17-21(28)16-23(32-26)19-7-5-4-6-8-19;1-2/h4-10,15,18,21,23,28H,11-14,16-17H2,1-3H3;4-10,15,18,23H,11-14,16-17H2,1-3H3;2H,1H3. The van der Waals surface area contributed by atoms with Gasteiger partial charge >= 0.3 is 0 Å². The fourth-order valence-corrected chi connectivity index (χ4v) is 9.43. The van der Waals surface area contributed by atoms with Gasteiger partial charge in [0.15, 0.2) is 23.0 Å². The molecule has 0 aromatic heterocycles. The van der Waals surface area contributed by atoms with Crippen LogP contribution in [0, 0.1) is 0 Å². The van der Waals surface area contributed by atoms with Crippen molar-refractivity contribution in [2.45, 2.75) is 121 Å². The van der Waals surface area contributed by atoms with E-state index in [-0.39, 0.29) is 47.6 Å². The van der Waals surface area contributed by atoms with Crippen molar-refractivity contribution >= 4 is 17.6 Å². The topological polar surface area (TPSA) is 154 Å². The fourth-order valence-electron chi connectivity index (χ4n) is 9.43. The second-order valence-corrected chi connectivity index (χ2v) is 18.1. The number of piperidine rings is 2. The highest BCUT2D eigenvalue weighted by Crippen LogP contribution is 2.44. The highest BCUT2D eigenvalue weighted by Gasteiger charge is 2.46. The first kappa shape index (κ1) is 50.0. The average Bonchev–Trinajstić information content (AvgIpc) is 3.32. The maximum atomic E-state index is 13.2. The van der Waals surface area contributed by atoms with Crippen LogP contribution < -0.4 is 18.9 Å². The van der Waals surface area contributed by atoms with Crippen molar-refractivity contribution < 1.29 is 53.0 Å². The van der Waals surface area contributed by atoms with Gasteiger partial charge in [0.1, 0.15) is 5.78 Å². The summed E-state index contributed by atoms with van der Waals surface area (Å²) in [5.74, 6) is 2.52. The molecule has 2 amide bonds. The van der Waals surface area contributed by atoms with Gasteiger partial charge in [-0.25, -0.2) is 0 Å². The second kappa shape index (κ2) is 22.8. The molecule has 0 bridgehead atoms. The third kappa shape index (κ3) is 12.5. The number of likely N-dealkylation sites (tertiary alicyclic amines) is 2. The van der Waals surface area contributed by atoms with Crippen LogP contribution in [0.1, 0.15) is 123 Å². The van der Waals surface area contributed by atoms with E-state index in [4.69, 9.17) is 33.5 Å². The van der Waals surface area contributed by atoms with Crippen molar-refractivity contribution in [2.75, 3.05) is 47.5 Å². The zero-order valence-electron chi connectivity index (χ0n) is 39.6. The zero-order valence-corrected chi connectivity index (χ0v) is 39.6. The Hall–Kier alpha value is -5.47. The Labute approximate surface area is 389 Å². The number of nitrogens with zero attached hydrogens (tertiary/aromatic N) is 2. The summed E-state index contributed by atoms with van der Waals surface area (Å²) in [6.07, 6.45) is 4.12. The lowest BCUT2D eigenvalue weighted by molar-refractivity contribution is -0.181. The van der Waals surface area contributed by atoms with Gasteiger partial charge in [0.25, 0.3) is 11.8 Å². The number of rotatable bonds is 10. The molecular formula is C53H68N2O11. The number of carbonyl (C=O) groups excluding carboxylic acids is 3. The first-order valence-corrected chi connectivity index (χ1v) is 23.2. The Morgan fingerprint density at radius 1 is 0.621 bits per heavy atom. The molecule has 0 saturated carbocycles. The third-order valence-electron chi connectivity index (χ3n) is 12.6. The van der Waals surface area contributed by atoms with Gasteiger partial charge in [0, 0.05) is 70.1 Å². The number of aliphatic hydroxyl groups is 2. The smallest absolute Gasteiger partial charge is 0.253 e. The van der Waals surface area contributed by atoms with Crippen LogP contribution in [0.4, 0.5) is 0 Å². The van der Waals surface area contributed by atoms with Crippen LogP contribution in [0.2, 0.25) is 0 Å². The normalized spacial score (nSPS) is 21.0. The van der Waals surface area contributed by atoms with E-state index in [0.717, 1.165) is 18.2 Å². The van der Waals surface area contributed by atoms with E-state index >= 15 is 0 Å². The van der Waals surface area contributed by atoms with Gasteiger partial charge in [-0.2, -0.15) is 0 Å². The van der Waals surface area contributed by atoms with E-state index in [1.807, 2.05) is 86.0 Å². The number of amides is 2. The van der Waals surface area contributed by atoms with Crippen molar-refractivity contribution in [1.29, 1.82) is 0 Å². The van der Waals surface area contributed by atoms with E-state index in [1.165, 1.54) is 0 Å². The second-order valence-electron chi connectivity index (χ2n) is 18.1. The summed E-state index contributed by atoms with van der Waals surface area (Å²) in [4.78, 5) is 42.6. The third-order valence-corrected chi connectivity index (χ3v) is 12.6. The molecule has 4 fully saturated rings. The molecule has 66 heavy (non-hydrogen) atoms. The lowest BCUT2D eigenvalue weighted by Crippen LogP contribution is -2.52. The summed E-state index contributed by atoms with van der Waals surface area (Å²) in [5.41, 5.74) is 2.41. The van der Waals surface area contributed by atoms with Crippen LogP contribution in [-0.2, 0) is 14.3 Å². The molecule has 4 aromatic carbocycles. The number of carbonyl (C=O) groups is 3. The van der Waals surface area contributed by atoms with E-state index in [1.54, 1.807) is 50.6 Å². The monoisotopic (exact) mass is 908 g/mol. The Bertz CT molecular complexity index is 2200. The van der Waals surface area contributed by atoms with Gasteiger partial charge in [-0.3, -0.25) is 14.4 Å². The highest BCUT2D eigenvalue weighted by atomic mass is 16.5. The number of hydrogen-bond acceptors (Lipinski definition) is 11. The molecule has 13 heteroatoms. The Morgan fingerprint density at radius 3 is 1.48 bits per heavy atom. The minimum atomic E-state index is -0.487. The summed E-state index contributed by atoms with van der Waals surface area (Å²) in [6.45, 7) is 10.1. The molecule has 4 aliphatic heterocycles. The summed E-state index contributed by atoms with van der Waals surface area (Å²) < 4.78 is 35.4. The van der Waals surface area contributed by atoms with Crippen LogP contribution >= 0.6 is 0 Å². The molecule has 0 aliphatic carbocycles. The number of hydrogen-bond donors (Lipinski definition) is 2. The first-order chi connectivity index (χ1) is 31.8. The van der Waals surface area contributed by atoms with Crippen molar-refractivity contribution in [3.8, 4) is 23.0 Å². The Morgan fingerprint density at radius 2 is 1.05 bits per heavy atom. The minimum Gasteiger partial charge on any atom is -0.493 e. The van der Waals surface area contributed by atoms with Crippen LogP contribution in [0.5, 0.6) is 23.0 Å². The Kier molecular flexibility index (Phi) is 17.3. The molecule has 2 N–H and O–H groups in total. The molecule has 4 saturated heterocycles. The van der Waals surface area contributed by atoms with E-state index in [2.05, 4.69) is 12.1 Å². The lowest BCUT2D eigenvalue weighted by atomic mass is 9.81. The first-order valence-electron chi connectivity index (χ1n) is 23.2. The molecule has 356 valence electrons. The number of Topliss-reactive ketones (excluding diaryl/α,β-unsaturated/α-hetero) is 1. The molecule has 8 rings (SSSR count). The maximum Gasteiger partial charge on any atom is 0.253 e. The number of methoxy groups -OCH3 is 2. The van der Waals surface area contributed by atoms with Gasteiger partial charge in [0.05, 0.1) is 55.9 Å². The van der Waals surface area contributed by atoms with Crippen molar-refractivity contribution in [3.63, 3.8) is 0 Å². The van der Waals surface area contributed by atoms with Crippen LogP contribution in [0.3, 0.4) is 0 Å². The number of benzene rings is 4. The number of aliphatic hydroxyl groups excluding tert-OH is 2. The van der Waals surface area contributed by atoms with Crippen molar-refractivity contribution in [1.82, 2.24) is 9.80 Å². The van der Waals surface area contributed by atoms with Gasteiger partial charge in [-0.1, -0.05) is 60.7 Å². The molecule has 3 atom stereocenters. The fraction of sp³-hybridized carbons (Fsp3) is 0.491. The molecule has 4 aliphatic rings. The predicted octanol–water partition coefficient (Wildman–Crippen LogP) is 8.56. The van der Waals surface area contributed by atoms with Gasteiger partial charge in [-0.15, -0.1) is 0 Å². The van der Waals surface area contributed by atoms with Crippen molar-refractivity contribution in [2.24, 2.45) is 0 Å². The largest absolute Gasteiger partial charge is 0.493 e. The minimum absolute atomic E-state index is 0.0154. The van der Waals surface area contributed by atoms with Gasteiger partial charge in [-0.05, 0) is 101 Å². The molecule has 3 unspecified atom stereocenters. The SMILES string of the molecule is CO.COc1cc(C(=O)N2CCC3(CC2)CC(=O)CC(c2ccccc2)O3)ccc1OC(C)C.COc1cc(C(=O)N2CCC3(CC2)CC(O)CC(c2ccccc2)O3)ccc1OC(C)C. The maximum absolute atomic E-state index is 13.2. The van der Waals surface area contributed by atoms with Crippen LogP contribution in [0.15, 0.2) is 97.1 Å². The zero-order chi connectivity index (χ0) is 47.4. The molecule has 13 nitrogen and oxygen atoms in total. The molecule has 2 spiro atoms. The quantitative estimate of drug-likeness (QED) is 0.157. The van der Waals surface area contributed by atoms with Gasteiger partial charge in [0.2, 0.25) is 0 Å². The highest BCUT2D eigenvalue weighted by molar-refractivity contribution is 5.95. The van der Waals surface area contributed by atoms with Gasteiger partial charge < -0.3 is 48.4 Å². The summed E-state index contributed by atoms with van der Waals surface area (Å²) in [6, 6.07) is 30.6. The molecular weight excluding hydrogens is 841 g/mol. The van der Waals surface area contributed by atoms with Crippen molar-refractivity contribution in [3.05, 3.63) is 119 Å². The molecule has 0 radical (unpaired) electrons. The predicted molar refractivity (Wildman–Crippen MR) is 251 cm³/mol.